The first-order chi connectivity index (χ1) is 21.7. The van der Waals surface area contributed by atoms with E-state index >= 15 is 4.39 Å². The molecule has 1 aromatic heterocycles. The molecule has 244 valence electrons. The minimum absolute atomic E-state index is 0.0286. The van der Waals surface area contributed by atoms with Gasteiger partial charge >= 0.3 is 6.09 Å². The van der Waals surface area contributed by atoms with Crippen molar-refractivity contribution in [3.05, 3.63) is 82.7 Å². The molecule has 0 aliphatic heterocycles. The Kier molecular flexibility index (Phi) is 11.1. The number of anilines is 4. The molecule has 17 heteroatoms. The van der Waals surface area contributed by atoms with Gasteiger partial charge in [-0.25, -0.2) is 26.8 Å². The van der Waals surface area contributed by atoms with Crippen molar-refractivity contribution in [2.75, 3.05) is 34.8 Å². The molecule has 46 heavy (non-hydrogen) atoms. The van der Waals surface area contributed by atoms with Crippen molar-refractivity contribution >= 4 is 72.2 Å². The summed E-state index contributed by atoms with van der Waals surface area (Å²) in [4.78, 5) is 20.5. The van der Waals surface area contributed by atoms with Gasteiger partial charge in [0.2, 0.25) is 5.95 Å². The quantitative estimate of drug-likeness (QED) is 0.134. The number of ether oxygens (including phenoxy) is 1. The maximum atomic E-state index is 15.3. The molecule has 0 radical (unpaired) electrons. The zero-order chi connectivity index (χ0) is 33.6. The largest absolute Gasteiger partial charge is 0.448 e. The summed E-state index contributed by atoms with van der Waals surface area (Å²) in [6.45, 7) is 3.20. The van der Waals surface area contributed by atoms with E-state index in [1.807, 2.05) is 0 Å². The molecule has 2 atom stereocenters. The minimum atomic E-state index is -4.27. The number of hydrogen-bond donors (Lipinski definition) is 4. The summed E-state index contributed by atoms with van der Waals surface area (Å²) in [7, 11) is -7.31. The third-order valence-corrected chi connectivity index (χ3v) is 10.2. The van der Waals surface area contributed by atoms with E-state index in [1.165, 1.54) is 54.9 Å². The van der Waals surface area contributed by atoms with E-state index in [9.17, 15) is 22.5 Å². The van der Waals surface area contributed by atoms with Gasteiger partial charge in [-0.05, 0) is 67.9 Å². The molecule has 0 spiro atoms. The Bertz CT molecular complexity index is 1990. The number of carbonyl (C=O) groups excluding carboxylic acids is 1. The number of hydrogen-bond acceptors (Lipinski definition) is 10. The van der Waals surface area contributed by atoms with Crippen LogP contribution in [0.15, 0.2) is 81.0 Å². The van der Waals surface area contributed by atoms with Crippen LogP contribution in [0.3, 0.4) is 0 Å². The van der Waals surface area contributed by atoms with Crippen LogP contribution in [-0.2, 0) is 24.5 Å². The van der Waals surface area contributed by atoms with Crippen LogP contribution in [0.5, 0.6) is 0 Å². The normalized spacial score (nSPS) is 13.3. The van der Waals surface area contributed by atoms with E-state index in [4.69, 9.17) is 27.9 Å². The lowest BCUT2D eigenvalue weighted by Gasteiger charge is -2.17. The van der Waals surface area contributed by atoms with Crippen LogP contribution in [0.25, 0.3) is 11.1 Å². The number of nitrogens with one attached hydrogen (secondary N) is 3. The summed E-state index contributed by atoms with van der Waals surface area (Å²) in [5.41, 5.74) is 0.866. The Morgan fingerprint density at radius 1 is 1.11 bits per heavy atom. The summed E-state index contributed by atoms with van der Waals surface area (Å²) >= 11 is 12.0. The highest BCUT2D eigenvalue weighted by Crippen LogP contribution is 2.33. The molecule has 0 saturated carbocycles. The van der Waals surface area contributed by atoms with Gasteiger partial charge in [-0.2, -0.15) is 4.98 Å². The van der Waals surface area contributed by atoms with Crippen molar-refractivity contribution in [1.82, 2.24) is 9.97 Å². The second-order valence-electron chi connectivity index (χ2n) is 9.78. The van der Waals surface area contributed by atoms with E-state index in [0.717, 1.165) is 6.07 Å². The summed E-state index contributed by atoms with van der Waals surface area (Å²) in [6.07, 6.45) is 1.84. The highest BCUT2D eigenvalue weighted by Gasteiger charge is 2.22. The van der Waals surface area contributed by atoms with Crippen molar-refractivity contribution in [3.63, 3.8) is 0 Å². The lowest BCUT2D eigenvalue weighted by Crippen LogP contribution is -2.21. The fraction of sp³-hybridized carbons (Fsp3) is 0.207. The van der Waals surface area contributed by atoms with Crippen LogP contribution >= 0.6 is 23.2 Å². The maximum absolute atomic E-state index is 15.3. The Balaban J connectivity index is 1.60. The number of carbonyl (C=O) groups is 1. The molecule has 0 bridgehead atoms. The predicted molar refractivity (Wildman–Crippen MR) is 176 cm³/mol. The first-order valence-corrected chi connectivity index (χ1v) is 17.7. The van der Waals surface area contributed by atoms with Crippen molar-refractivity contribution in [2.45, 2.75) is 29.7 Å². The number of halogens is 3. The van der Waals surface area contributed by atoms with Crippen molar-refractivity contribution in [2.24, 2.45) is 4.36 Å². The minimum Gasteiger partial charge on any atom is -0.448 e. The number of aliphatic hydroxyl groups excluding tert-OH is 1. The first kappa shape index (κ1) is 34.8. The van der Waals surface area contributed by atoms with E-state index in [2.05, 4.69) is 29.7 Å². The molecule has 4 N–H and O–H groups in total. The average Bonchev–Trinajstić information content (AvgIpc) is 2.99. The Morgan fingerprint density at radius 3 is 2.48 bits per heavy atom. The molecular weight excluding hydrogens is 682 g/mol. The monoisotopic (exact) mass is 710 g/mol. The highest BCUT2D eigenvalue weighted by molar-refractivity contribution is 7.93. The third-order valence-electron chi connectivity index (χ3n) is 6.24. The van der Waals surface area contributed by atoms with E-state index in [0.29, 0.717) is 21.7 Å². The van der Waals surface area contributed by atoms with Gasteiger partial charge in [0, 0.05) is 34.6 Å². The Hall–Kier alpha value is -4.02. The number of aromatic nitrogens is 2. The lowest BCUT2D eigenvalue weighted by atomic mass is 10.1. The molecule has 1 amide bonds. The highest BCUT2D eigenvalue weighted by atomic mass is 35.5. The van der Waals surface area contributed by atoms with Gasteiger partial charge in [0.25, 0.3) is 10.0 Å². The molecule has 0 unspecified atom stereocenters. The summed E-state index contributed by atoms with van der Waals surface area (Å²) in [6, 6.07) is 13.7. The molecule has 4 aromatic rings. The van der Waals surface area contributed by atoms with E-state index in [-0.39, 0.29) is 45.6 Å². The van der Waals surface area contributed by atoms with Crippen molar-refractivity contribution in [3.8, 4) is 11.1 Å². The molecule has 1 heterocycles. The predicted octanol–water partition coefficient (Wildman–Crippen LogP) is 6.54. The molecule has 4 rings (SSSR count). The number of rotatable bonds is 11. The second-order valence-corrected chi connectivity index (χ2v) is 14.5. The Labute approximate surface area is 275 Å². The van der Waals surface area contributed by atoms with Crippen LogP contribution in [0.4, 0.5) is 32.3 Å². The molecular formula is C29H29Cl2FN6O6S2. The standard InChI is InChI=1S/C29H29Cl2FN6O6S2/c1-4-44-29(40)38-45(3,41)20-11-9-19(10-12-20)35-28-33-15-21(27(36-28)34-17(2)16-39)18-8-13-24(23(32)14-18)37-46(42,43)25-7-5-6-22(30)26(25)31/h5-15,17,37,39H,4,16H2,1-3H3,(H2,33,34,35,36)/t17-,45-/m1/s1. The van der Waals surface area contributed by atoms with E-state index in [1.54, 1.807) is 26.0 Å². The van der Waals surface area contributed by atoms with Gasteiger partial charge in [-0.1, -0.05) is 35.3 Å². The van der Waals surface area contributed by atoms with Crippen LogP contribution < -0.4 is 15.4 Å². The van der Waals surface area contributed by atoms with Gasteiger partial charge in [0.15, 0.2) is 0 Å². The van der Waals surface area contributed by atoms with Crippen LogP contribution in [0.2, 0.25) is 10.0 Å². The van der Waals surface area contributed by atoms with E-state index < -0.39 is 37.7 Å². The number of amides is 1. The maximum Gasteiger partial charge on any atom is 0.442 e. The van der Waals surface area contributed by atoms with Crippen molar-refractivity contribution in [1.29, 1.82) is 0 Å². The van der Waals surface area contributed by atoms with Gasteiger partial charge in [0.05, 0.1) is 38.7 Å². The number of nitrogens with zero attached hydrogens (tertiary/aromatic N) is 3. The second kappa shape index (κ2) is 14.6. The fourth-order valence-corrected chi connectivity index (χ4v) is 6.88. The summed E-state index contributed by atoms with van der Waals surface area (Å²) < 4.78 is 64.5. The van der Waals surface area contributed by atoms with Crippen LogP contribution in [0, 0.1) is 5.82 Å². The van der Waals surface area contributed by atoms with Gasteiger partial charge in [0.1, 0.15) is 16.5 Å². The number of benzene rings is 3. The van der Waals surface area contributed by atoms with Gasteiger partial charge in [-0.15, -0.1) is 4.36 Å². The smallest absolute Gasteiger partial charge is 0.442 e. The zero-order valence-corrected chi connectivity index (χ0v) is 27.8. The SMILES string of the molecule is CCOC(=O)N=[S@](C)(=O)c1ccc(Nc2ncc(-c3ccc(NS(=O)(=O)c4cccc(Cl)c4Cl)c(F)c3)c(N[C@H](C)CO)n2)cc1. The van der Waals surface area contributed by atoms with Crippen LogP contribution in [0.1, 0.15) is 13.8 Å². The van der Waals surface area contributed by atoms with Gasteiger partial charge < -0.3 is 20.5 Å². The molecule has 0 fully saturated rings. The zero-order valence-electron chi connectivity index (χ0n) is 24.6. The van der Waals surface area contributed by atoms with Gasteiger partial charge in [-0.3, -0.25) is 4.72 Å². The summed E-state index contributed by atoms with van der Waals surface area (Å²) in [5, 5.41) is 15.5. The molecule has 3 aromatic carbocycles. The van der Waals surface area contributed by atoms with Crippen molar-refractivity contribution < 1.29 is 31.7 Å². The summed E-state index contributed by atoms with van der Waals surface area (Å²) in [5.74, 6) is -0.496. The lowest BCUT2D eigenvalue weighted by molar-refractivity contribution is 0.164. The Morgan fingerprint density at radius 2 is 1.83 bits per heavy atom. The van der Waals surface area contributed by atoms with Crippen LogP contribution in [-0.4, -0.2) is 59.3 Å². The number of aliphatic hydroxyl groups is 1. The molecule has 0 aliphatic carbocycles. The first-order valence-electron chi connectivity index (χ1n) is 13.5. The topological polar surface area (TPSA) is 172 Å². The molecule has 12 nitrogen and oxygen atoms in total. The third kappa shape index (κ3) is 8.41. The molecule has 0 saturated heterocycles. The fourth-order valence-electron chi connectivity index (χ4n) is 3.96. The molecule has 0 aliphatic rings. The number of sulfonamides is 1. The average molecular weight is 712 g/mol.